The van der Waals surface area contributed by atoms with Crippen molar-refractivity contribution in [2.45, 2.75) is 12.8 Å². The average molecular weight is 333 g/mol. The number of aromatic nitrogens is 2. The first-order valence-corrected chi connectivity index (χ1v) is 7.67. The van der Waals surface area contributed by atoms with Crippen molar-refractivity contribution in [3.63, 3.8) is 0 Å². The maximum absolute atomic E-state index is 13.7. The lowest BCUT2D eigenvalue weighted by molar-refractivity contribution is 0.632. The number of benzene rings is 1. The second-order valence-corrected chi connectivity index (χ2v) is 5.69. The monoisotopic (exact) mass is 333 g/mol. The highest BCUT2D eigenvalue weighted by atomic mass is 32.1. The molecule has 0 atom stereocenters. The molecule has 1 aromatic heterocycles. The number of hydrogen-bond donors (Lipinski definition) is 3. The molecule has 1 fully saturated rings. The van der Waals surface area contributed by atoms with E-state index in [-0.39, 0.29) is 22.1 Å². The van der Waals surface area contributed by atoms with E-state index < -0.39 is 11.4 Å². The van der Waals surface area contributed by atoms with Crippen molar-refractivity contribution in [2.75, 3.05) is 29.0 Å². The number of thiocarbonyl (C=S) groups is 1. The molecule has 4 N–H and O–H groups in total. The molecule has 1 saturated heterocycles. The molecule has 0 radical (unpaired) electrons. The fraction of sp³-hybridized carbons (Fsp3) is 0.267. The number of aromatic amines is 1. The van der Waals surface area contributed by atoms with Crippen molar-refractivity contribution in [2.24, 2.45) is 0 Å². The summed E-state index contributed by atoms with van der Waals surface area (Å²) >= 11 is 5.18. The topological polar surface area (TPSA) is 87.0 Å². The molecule has 8 heteroatoms. The molecule has 0 aliphatic carbocycles. The summed E-state index contributed by atoms with van der Waals surface area (Å²) in [6.07, 6.45) is 2.11. The van der Waals surface area contributed by atoms with Gasteiger partial charge in [-0.2, -0.15) is 4.98 Å². The molecule has 0 bridgehead atoms. The number of nitrogen functional groups attached to an aromatic ring is 1. The number of anilines is 3. The van der Waals surface area contributed by atoms with Gasteiger partial charge in [-0.25, -0.2) is 4.39 Å². The summed E-state index contributed by atoms with van der Waals surface area (Å²) in [4.78, 5) is 21.2. The molecule has 0 amide bonds. The summed E-state index contributed by atoms with van der Waals surface area (Å²) in [5, 5.41) is 2.70. The van der Waals surface area contributed by atoms with E-state index in [0.29, 0.717) is 5.95 Å². The van der Waals surface area contributed by atoms with Crippen LogP contribution < -0.4 is 21.5 Å². The van der Waals surface area contributed by atoms with Crippen LogP contribution in [0.4, 0.5) is 21.8 Å². The summed E-state index contributed by atoms with van der Waals surface area (Å²) in [5.74, 6) is 0.0124. The first-order valence-electron chi connectivity index (χ1n) is 7.27. The number of halogens is 1. The molecule has 0 unspecified atom stereocenters. The van der Waals surface area contributed by atoms with Gasteiger partial charge in [-0.15, -0.1) is 0 Å². The lowest BCUT2D eigenvalue weighted by Crippen LogP contribution is -2.30. The largest absolute Gasteiger partial charge is 0.383 e. The number of para-hydroxylation sites is 1. The van der Waals surface area contributed by atoms with Gasteiger partial charge in [0.25, 0.3) is 5.56 Å². The fourth-order valence-corrected chi connectivity index (χ4v) is 2.83. The first-order chi connectivity index (χ1) is 11.1. The van der Waals surface area contributed by atoms with Crippen LogP contribution in [0.1, 0.15) is 18.4 Å². The fourth-order valence-electron chi connectivity index (χ4n) is 2.52. The smallest absolute Gasteiger partial charge is 0.264 e. The molecule has 120 valence electrons. The Morgan fingerprint density at radius 1 is 1.35 bits per heavy atom. The Morgan fingerprint density at radius 3 is 2.70 bits per heavy atom. The predicted molar refractivity (Wildman–Crippen MR) is 92.4 cm³/mol. The summed E-state index contributed by atoms with van der Waals surface area (Å²) in [5.41, 5.74) is 5.69. The van der Waals surface area contributed by atoms with E-state index in [1.54, 1.807) is 12.1 Å². The Bertz CT molecular complexity index is 801. The van der Waals surface area contributed by atoms with E-state index in [1.807, 2.05) is 4.90 Å². The maximum atomic E-state index is 13.7. The molecule has 2 aromatic rings. The molecule has 1 aromatic carbocycles. The van der Waals surface area contributed by atoms with Crippen molar-refractivity contribution in [1.29, 1.82) is 0 Å². The second-order valence-electron chi connectivity index (χ2n) is 5.28. The highest BCUT2D eigenvalue weighted by Crippen LogP contribution is 2.18. The summed E-state index contributed by atoms with van der Waals surface area (Å²) in [7, 11) is 0. The minimum absolute atomic E-state index is 0.0319. The van der Waals surface area contributed by atoms with Crippen LogP contribution in [0.5, 0.6) is 0 Å². The van der Waals surface area contributed by atoms with Gasteiger partial charge in [0.2, 0.25) is 5.95 Å². The van der Waals surface area contributed by atoms with Gasteiger partial charge in [-0.1, -0.05) is 24.4 Å². The molecule has 1 aliphatic heterocycles. The van der Waals surface area contributed by atoms with Crippen molar-refractivity contribution in [3.8, 4) is 0 Å². The second kappa shape index (κ2) is 6.33. The Hall–Kier alpha value is -2.48. The average Bonchev–Trinajstić information content (AvgIpc) is 3.03. The van der Waals surface area contributed by atoms with E-state index in [0.717, 1.165) is 25.9 Å². The molecule has 0 spiro atoms. The Balaban J connectivity index is 1.89. The standard InChI is InChI=1S/C15H16FN5OS/c16-9-5-1-2-6-10(9)18-14(23)11-12(17)19-15(20-13(11)22)21-7-3-4-8-21/h1-2,5-6H,3-4,7-8H2,(H,18,23)(H3,17,19,20,22). The molecule has 3 rings (SSSR count). The summed E-state index contributed by atoms with van der Waals surface area (Å²) in [6.45, 7) is 1.67. The number of rotatable bonds is 3. The molecular weight excluding hydrogens is 317 g/mol. The molecule has 23 heavy (non-hydrogen) atoms. The van der Waals surface area contributed by atoms with Gasteiger partial charge in [0.05, 0.1) is 5.69 Å². The quantitative estimate of drug-likeness (QED) is 0.744. The summed E-state index contributed by atoms with van der Waals surface area (Å²) in [6, 6.07) is 6.05. The van der Waals surface area contributed by atoms with Crippen LogP contribution in [0.25, 0.3) is 0 Å². The Morgan fingerprint density at radius 2 is 2.04 bits per heavy atom. The van der Waals surface area contributed by atoms with Crippen molar-refractivity contribution < 1.29 is 4.39 Å². The van der Waals surface area contributed by atoms with Crippen LogP contribution in [-0.4, -0.2) is 28.0 Å². The van der Waals surface area contributed by atoms with Crippen LogP contribution in [-0.2, 0) is 0 Å². The van der Waals surface area contributed by atoms with Gasteiger partial charge in [-0.3, -0.25) is 9.78 Å². The van der Waals surface area contributed by atoms with Gasteiger partial charge in [0.15, 0.2) is 0 Å². The molecule has 6 nitrogen and oxygen atoms in total. The number of hydrogen-bond acceptors (Lipinski definition) is 5. The third-order valence-electron chi connectivity index (χ3n) is 3.69. The number of nitrogens with two attached hydrogens (primary N) is 1. The normalized spacial score (nSPS) is 14.0. The van der Waals surface area contributed by atoms with Crippen LogP contribution in [0.3, 0.4) is 0 Å². The van der Waals surface area contributed by atoms with Crippen molar-refractivity contribution in [1.82, 2.24) is 9.97 Å². The van der Waals surface area contributed by atoms with Crippen LogP contribution in [0.15, 0.2) is 29.1 Å². The third kappa shape index (κ3) is 3.16. The van der Waals surface area contributed by atoms with Gasteiger partial charge < -0.3 is 16.0 Å². The van der Waals surface area contributed by atoms with E-state index in [9.17, 15) is 9.18 Å². The molecule has 1 aliphatic rings. The third-order valence-corrected chi connectivity index (χ3v) is 4.00. The lowest BCUT2D eigenvalue weighted by Gasteiger charge is -2.17. The lowest BCUT2D eigenvalue weighted by atomic mass is 10.2. The van der Waals surface area contributed by atoms with E-state index in [4.69, 9.17) is 18.0 Å². The van der Waals surface area contributed by atoms with Crippen LogP contribution in [0.2, 0.25) is 0 Å². The number of nitrogens with zero attached hydrogens (tertiary/aromatic N) is 2. The molecule has 2 heterocycles. The predicted octanol–water partition coefficient (Wildman–Crippen LogP) is 1.88. The van der Waals surface area contributed by atoms with Gasteiger partial charge in [0.1, 0.15) is 22.2 Å². The molecular formula is C15H16FN5OS. The highest BCUT2D eigenvalue weighted by molar-refractivity contribution is 7.81. The van der Waals surface area contributed by atoms with E-state index >= 15 is 0 Å². The SMILES string of the molecule is Nc1nc(N2CCCC2)[nH]c(=O)c1C(=S)Nc1ccccc1F. The Kier molecular flexibility index (Phi) is 4.24. The first kappa shape index (κ1) is 15.4. The van der Waals surface area contributed by atoms with Crippen molar-refractivity contribution in [3.05, 3.63) is 46.0 Å². The minimum Gasteiger partial charge on any atom is -0.383 e. The zero-order valence-electron chi connectivity index (χ0n) is 12.3. The zero-order valence-corrected chi connectivity index (χ0v) is 13.1. The Labute approximate surface area is 137 Å². The van der Waals surface area contributed by atoms with E-state index in [1.165, 1.54) is 12.1 Å². The number of H-pyrrole nitrogens is 1. The van der Waals surface area contributed by atoms with E-state index in [2.05, 4.69) is 15.3 Å². The maximum Gasteiger partial charge on any atom is 0.264 e. The summed E-state index contributed by atoms with van der Waals surface area (Å²) < 4.78 is 13.7. The number of nitrogens with one attached hydrogen (secondary N) is 2. The van der Waals surface area contributed by atoms with Crippen LogP contribution >= 0.6 is 12.2 Å². The van der Waals surface area contributed by atoms with Gasteiger partial charge in [-0.05, 0) is 25.0 Å². The van der Waals surface area contributed by atoms with Gasteiger partial charge in [0, 0.05) is 13.1 Å². The zero-order chi connectivity index (χ0) is 16.4. The molecule has 0 saturated carbocycles. The van der Waals surface area contributed by atoms with Crippen LogP contribution in [0, 0.1) is 5.82 Å². The van der Waals surface area contributed by atoms with Crippen molar-refractivity contribution >= 4 is 34.7 Å². The highest BCUT2D eigenvalue weighted by Gasteiger charge is 2.19. The minimum atomic E-state index is -0.466. The van der Waals surface area contributed by atoms with Gasteiger partial charge >= 0.3 is 0 Å².